The quantitative estimate of drug-likeness (QED) is 0.567. The molecule has 6 nitrogen and oxygen atoms in total. The maximum atomic E-state index is 13.9. The average Bonchev–Trinajstić information content (AvgIpc) is 3.21. The van der Waals surface area contributed by atoms with Crippen molar-refractivity contribution in [3.8, 4) is 0 Å². The molecule has 0 spiro atoms. The number of rotatable bonds is 4. The third-order valence-electron chi connectivity index (χ3n) is 5.71. The van der Waals surface area contributed by atoms with Crippen LogP contribution in [0.15, 0.2) is 0 Å². The van der Waals surface area contributed by atoms with Gasteiger partial charge in [-0.3, -0.25) is 4.57 Å². The summed E-state index contributed by atoms with van der Waals surface area (Å²) in [6, 6.07) is 0. The molecule has 0 aromatic carbocycles. The van der Waals surface area contributed by atoms with Gasteiger partial charge in [0, 0.05) is 35.2 Å². The van der Waals surface area contributed by atoms with Crippen molar-refractivity contribution in [2.24, 2.45) is 0 Å². The molecule has 0 bridgehead atoms. The highest BCUT2D eigenvalue weighted by atomic mass is 31.2. The van der Waals surface area contributed by atoms with Gasteiger partial charge >= 0.3 is 7.67 Å². The highest BCUT2D eigenvalue weighted by Gasteiger charge is 2.66. The van der Waals surface area contributed by atoms with Crippen molar-refractivity contribution in [2.45, 2.75) is 96.5 Å². The molecular weight excluding hydrogens is 325 g/mol. The van der Waals surface area contributed by atoms with E-state index in [-0.39, 0.29) is 17.2 Å². The summed E-state index contributed by atoms with van der Waals surface area (Å²) in [5, 5.41) is 13.7. The summed E-state index contributed by atoms with van der Waals surface area (Å²) >= 11 is 0. The van der Waals surface area contributed by atoms with Crippen molar-refractivity contribution in [1.29, 1.82) is 0 Å². The lowest BCUT2D eigenvalue weighted by Gasteiger charge is -2.50. The van der Waals surface area contributed by atoms with Gasteiger partial charge in [-0.05, 0) is 68.2 Å². The lowest BCUT2D eigenvalue weighted by Crippen LogP contribution is -2.59. The number of nitrogens with zero attached hydrogens (tertiary/aromatic N) is 3. The van der Waals surface area contributed by atoms with Crippen molar-refractivity contribution < 1.29 is 14.3 Å². The molecule has 3 heterocycles. The van der Waals surface area contributed by atoms with Crippen molar-refractivity contribution >= 4 is 7.67 Å². The molecule has 24 heavy (non-hydrogen) atoms. The first-order valence-electron chi connectivity index (χ1n) is 8.94. The van der Waals surface area contributed by atoms with Crippen LogP contribution in [0.3, 0.4) is 0 Å². The molecule has 139 valence electrons. The summed E-state index contributed by atoms with van der Waals surface area (Å²) in [4.78, 5) is 0. The van der Waals surface area contributed by atoms with Crippen LogP contribution in [0.25, 0.3) is 0 Å². The molecule has 2 atom stereocenters. The fourth-order valence-electron chi connectivity index (χ4n) is 4.21. The number of hydroxylamine groups is 2. The van der Waals surface area contributed by atoms with Crippen LogP contribution in [-0.2, 0) is 14.3 Å². The lowest BCUT2D eigenvalue weighted by molar-refractivity contribution is -0.297. The summed E-state index contributed by atoms with van der Waals surface area (Å²) in [6.07, 6.45) is 1.04. The van der Waals surface area contributed by atoms with Crippen LogP contribution in [0.4, 0.5) is 0 Å². The monoisotopic (exact) mass is 358 g/mol. The van der Waals surface area contributed by atoms with Crippen molar-refractivity contribution in [3.63, 3.8) is 0 Å². The largest absolute Gasteiger partial charge is 0.347 e. The summed E-state index contributed by atoms with van der Waals surface area (Å²) in [5.74, 6) is 0. The number of piperidine rings is 1. The van der Waals surface area contributed by atoms with E-state index in [1.54, 1.807) is 0 Å². The van der Waals surface area contributed by atoms with Crippen LogP contribution in [0.2, 0.25) is 0 Å². The Hall–Kier alpha value is 0.0300. The second kappa shape index (κ2) is 5.05. The zero-order valence-electron chi connectivity index (χ0n) is 16.4. The Labute approximate surface area is 146 Å². The second-order valence-corrected chi connectivity index (χ2v) is 12.4. The summed E-state index contributed by atoms with van der Waals surface area (Å²) in [7, 11) is -3.04. The highest BCUT2D eigenvalue weighted by Crippen LogP contribution is 2.71. The molecule has 0 N–H and O–H groups in total. The summed E-state index contributed by atoms with van der Waals surface area (Å²) in [5.41, 5.74) is -1.17. The predicted octanol–water partition coefficient (Wildman–Crippen LogP) is 3.67. The van der Waals surface area contributed by atoms with Crippen molar-refractivity contribution in [3.05, 3.63) is 0 Å². The standard InChI is InChI=1S/C17H33N3O3P/c1-14(2)9-13(10-15(3,4)20(14)21)23-24(22,18-11-16(18,5)6)19-12-17(19,7)8/h13H,9-12H2,1-8H3. The minimum Gasteiger partial charge on any atom is -0.302 e. The Morgan fingerprint density at radius 1 is 0.792 bits per heavy atom. The fourth-order valence-corrected chi connectivity index (χ4v) is 7.65. The zero-order chi connectivity index (χ0) is 18.3. The molecule has 0 amide bonds. The third kappa shape index (κ3) is 3.00. The number of hydrogen-bond acceptors (Lipinski definition) is 3. The molecule has 7 heteroatoms. The van der Waals surface area contributed by atoms with Crippen molar-refractivity contribution in [2.75, 3.05) is 13.1 Å². The minimum atomic E-state index is -3.04. The van der Waals surface area contributed by atoms with Gasteiger partial charge in [0.05, 0.1) is 6.10 Å². The maximum absolute atomic E-state index is 13.9. The molecule has 3 aliphatic rings. The SMILES string of the molecule is CC1(C)CC(OP(=O)(N2CC2(C)C)N2CC2(C)C)CC(C)(C)N1[O]. The lowest BCUT2D eigenvalue weighted by atomic mass is 9.80. The Morgan fingerprint density at radius 3 is 1.42 bits per heavy atom. The summed E-state index contributed by atoms with van der Waals surface area (Å²) in [6.45, 7) is 17.8. The first-order valence-corrected chi connectivity index (χ1v) is 10.5. The smallest absolute Gasteiger partial charge is 0.302 e. The topological polar surface area (TPSA) is 55.5 Å². The van der Waals surface area contributed by atoms with Crippen LogP contribution in [-0.4, -0.2) is 55.8 Å². The Kier molecular flexibility index (Phi) is 3.96. The van der Waals surface area contributed by atoms with E-state index in [1.807, 2.05) is 37.0 Å². The molecule has 0 aliphatic carbocycles. The Morgan fingerprint density at radius 2 is 1.12 bits per heavy atom. The first kappa shape index (κ1) is 18.8. The second-order valence-electron chi connectivity index (χ2n) is 10.3. The molecule has 0 aromatic heterocycles. The molecule has 1 radical (unpaired) electrons. The molecule has 3 rings (SSSR count). The van der Waals surface area contributed by atoms with Gasteiger partial charge in [0.2, 0.25) is 0 Å². The third-order valence-corrected chi connectivity index (χ3v) is 8.87. The van der Waals surface area contributed by atoms with Crippen molar-refractivity contribution in [1.82, 2.24) is 14.4 Å². The van der Waals surface area contributed by atoms with Crippen LogP contribution in [0.1, 0.15) is 68.2 Å². The maximum Gasteiger partial charge on any atom is 0.347 e. The molecule has 2 unspecified atom stereocenters. The van der Waals surface area contributed by atoms with Crippen LogP contribution < -0.4 is 0 Å². The van der Waals surface area contributed by atoms with E-state index in [0.717, 1.165) is 13.1 Å². The van der Waals surface area contributed by atoms with Gasteiger partial charge in [0.15, 0.2) is 0 Å². The summed E-state index contributed by atoms with van der Waals surface area (Å²) < 4.78 is 24.3. The van der Waals surface area contributed by atoms with Gasteiger partial charge in [-0.25, -0.2) is 9.34 Å². The van der Waals surface area contributed by atoms with E-state index >= 15 is 0 Å². The Balaban J connectivity index is 1.83. The Bertz CT molecular complexity index is 544. The van der Waals surface area contributed by atoms with Gasteiger partial charge in [-0.15, -0.1) is 10.3 Å². The molecule has 3 aliphatic heterocycles. The van der Waals surface area contributed by atoms with Crippen LogP contribution in [0.5, 0.6) is 0 Å². The molecule has 0 saturated carbocycles. The predicted molar refractivity (Wildman–Crippen MR) is 94.0 cm³/mol. The molecule has 3 saturated heterocycles. The molecule has 3 fully saturated rings. The average molecular weight is 358 g/mol. The minimum absolute atomic E-state index is 0.0710. The van der Waals surface area contributed by atoms with Gasteiger partial charge in [0.25, 0.3) is 0 Å². The molecule has 0 aromatic rings. The van der Waals surface area contributed by atoms with Gasteiger partial charge in [-0.2, -0.15) is 0 Å². The van der Waals surface area contributed by atoms with Gasteiger partial charge < -0.3 is 4.52 Å². The molecular formula is C17H33N3O3P. The first-order chi connectivity index (χ1) is 10.6. The van der Waals surface area contributed by atoms with E-state index in [2.05, 4.69) is 27.7 Å². The van der Waals surface area contributed by atoms with Crippen LogP contribution >= 0.6 is 7.67 Å². The van der Waals surface area contributed by atoms with E-state index in [4.69, 9.17) is 4.52 Å². The van der Waals surface area contributed by atoms with E-state index < -0.39 is 18.7 Å². The van der Waals surface area contributed by atoms with E-state index in [1.165, 1.54) is 5.06 Å². The van der Waals surface area contributed by atoms with E-state index in [9.17, 15) is 9.77 Å². The fraction of sp³-hybridized carbons (Fsp3) is 1.00. The van der Waals surface area contributed by atoms with Gasteiger partial charge in [-0.1, -0.05) is 0 Å². The van der Waals surface area contributed by atoms with E-state index in [0.29, 0.717) is 12.8 Å². The van der Waals surface area contributed by atoms with Gasteiger partial charge in [0.1, 0.15) is 0 Å². The number of hydrogen-bond donors (Lipinski definition) is 0. The highest BCUT2D eigenvalue weighted by molar-refractivity contribution is 7.54. The zero-order valence-corrected chi connectivity index (χ0v) is 17.3. The van der Waals surface area contributed by atoms with Crippen LogP contribution in [0, 0.1) is 0 Å². The normalized spacial score (nSPS) is 39.2.